The number of nitrogens with zero attached hydrogens (tertiary/aromatic N) is 1. The highest BCUT2D eigenvalue weighted by molar-refractivity contribution is 6.30. The van der Waals surface area contributed by atoms with Crippen LogP contribution >= 0.6 is 11.6 Å². The van der Waals surface area contributed by atoms with Gasteiger partial charge in [-0.25, -0.2) is 5.43 Å². The summed E-state index contributed by atoms with van der Waals surface area (Å²) in [7, 11) is 1.51. The van der Waals surface area contributed by atoms with Crippen molar-refractivity contribution in [2.75, 3.05) is 13.7 Å². The molecule has 2 aromatic rings. The topological polar surface area (TPSA) is 89.0 Å². The lowest BCUT2D eigenvalue weighted by Crippen LogP contribution is -2.48. The molecule has 1 unspecified atom stereocenters. The molecule has 0 saturated heterocycles. The molecule has 0 saturated carbocycles. The Kier molecular flexibility index (Phi) is 8.92. The monoisotopic (exact) mass is 441 g/mol. The summed E-state index contributed by atoms with van der Waals surface area (Å²) in [6.07, 6.45) is 6.66. The minimum atomic E-state index is -0.769. The zero-order valence-electron chi connectivity index (χ0n) is 17.5. The average molecular weight is 442 g/mol. The number of hydrogen-bond acceptors (Lipinski definition) is 5. The maximum absolute atomic E-state index is 12.6. The average Bonchev–Trinajstić information content (AvgIpc) is 2.76. The van der Waals surface area contributed by atoms with E-state index in [-0.39, 0.29) is 18.4 Å². The first-order chi connectivity index (χ1) is 14.8. The van der Waals surface area contributed by atoms with Gasteiger partial charge in [0.25, 0.3) is 11.8 Å². The minimum absolute atomic E-state index is 0.123. The number of carbonyl (C=O) groups excluding carboxylic acids is 2. The molecule has 0 heterocycles. The van der Waals surface area contributed by atoms with Crippen LogP contribution in [0.2, 0.25) is 5.02 Å². The van der Waals surface area contributed by atoms with Gasteiger partial charge in [-0.15, -0.1) is 6.42 Å². The van der Waals surface area contributed by atoms with E-state index in [1.807, 2.05) is 13.8 Å². The van der Waals surface area contributed by atoms with Crippen molar-refractivity contribution in [2.24, 2.45) is 11.0 Å². The number of ether oxygens (including phenoxy) is 2. The summed E-state index contributed by atoms with van der Waals surface area (Å²) >= 11 is 5.85. The largest absolute Gasteiger partial charge is 0.493 e. The van der Waals surface area contributed by atoms with Gasteiger partial charge < -0.3 is 14.8 Å². The fourth-order valence-electron chi connectivity index (χ4n) is 2.60. The third kappa shape index (κ3) is 7.05. The summed E-state index contributed by atoms with van der Waals surface area (Å²) in [5.41, 5.74) is 3.55. The smallest absolute Gasteiger partial charge is 0.262 e. The van der Waals surface area contributed by atoms with Gasteiger partial charge in [0, 0.05) is 10.6 Å². The predicted molar refractivity (Wildman–Crippen MR) is 121 cm³/mol. The van der Waals surface area contributed by atoms with Gasteiger partial charge in [0.2, 0.25) is 0 Å². The Morgan fingerprint density at radius 3 is 2.52 bits per heavy atom. The quantitative estimate of drug-likeness (QED) is 0.355. The van der Waals surface area contributed by atoms with E-state index in [4.69, 9.17) is 27.5 Å². The van der Waals surface area contributed by atoms with Gasteiger partial charge in [-0.05, 0) is 53.9 Å². The summed E-state index contributed by atoms with van der Waals surface area (Å²) < 4.78 is 10.7. The van der Waals surface area contributed by atoms with Crippen molar-refractivity contribution in [3.63, 3.8) is 0 Å². The number of carbonyl (C=O) groups is 2. The lowest BCUT2D eigenvalue weighted by molar-refractivity contribution is -0.123. The first kappa shape index (κ1) is 23.8. The second-order valence-electron chi connectivity index (χ2n) is 6.84. The Morgan fingerprint density at radius 1 is 1.19 bits per heavy atom. The lowest BCUT2D eigenvalue weighted by Gasteiger charge is -2.20. The van der Waals surface area contributed by atoms with E-state index in [2.05, 4.69) is 21.8 Å². The summed E-state index contributed by atoms with van der Waals surface area (Å²) in [4.78, 5) is 25.0. The number of benzene rings is 2. The number of hydrogen-bond donors (Lipinski definition) is 2. The van der Waals surface area contributed by atoms with Crippen molar-refractivity contribution in [3.05, 3.63) is 58.6 Å². The molecule has 0 aliphatic carbocycles. The second-order valence-corrected chi connectivity index (χ2v) is 7.28. The van der Waals surface area contributed by atoms with Gasteiger partial charge in [-0.3, -0.25) is 9.59 Å². The van der Waals surface area contributed by atoms with E-state index in [0.29, 0.717) is 27.6 Å². The molecule has 0 fully saturated rings. The van der Waals surface area contributed by atoms with Crippen molar-refractivity contribution in [1.29, 1.82) is 0 Å². The van der Waals surface area contributed by atoms with Gasteiger partial charge in [-0.2, -0.15) is 5.10 Å². The van der Waals surface area contributed by atoms with Crippen LogP contribution in [0.5, 0.6) is 11.5 Å². The van der Waals surface area contributed by atoms with Crippen molar-refractivity contribution >= 4 is 29.6 Å². The molecular weight excluding hydrogens is 418 g/mol. The highest BCUT2D eigenvalue weighted by Crippen LogP contribution is 2.27. The number of hydrazone groups is 1. The number of halogens is 1. The first-order valence-corrected chi connectivity index (χ1v) is 9.87. The van der Waals surface area contributed by atoms with E-state index >= 15 is 0 Å². The zero-order valence-corrected chi connectivity index (χ0v) is 18.3. The van der Waals surface area contributed by atoms with Crippen LogP contribution in [-0.4, -0.2) is 37.8 Å². The van der Waals surface area contributed by atoms with E-state index < -0.39 is 11.9 Å². The molecule has 0 aromatic heterocycles. The SMILES string of the molecule is C#CCOc1ccc(C=NNC(=O)C(NC(=O)c2ccc(Cl)cc2)C(C)C)cc1OC. The Balaban J connectivity index is 2.02. The third-order valence-corrected chi connectivity index (χ3v) is 4.48. The van der Waals surface area contributed by atoms with Gasteiger partial charge in [0.05, 0.1) is 13.3 Å². The number of methoxy groups -OCH3 is 1. The van der Waals surface area contributed by atoms with E-state index in [1.165, 1.54) is 13.3 Å². The first-order valence-electron chi connectivity index (χ1n) is 9.49. The van der Waals surface area contributed by atoms with E-state index in [9.17, 15) is 9.59 Å². The summed E-state index contributed by atoms with van der Waals surface area (Å²) in [5, 5.41) is 7.23. The Morgan fingerprint density at radius 2 is 1.90 bits per heavy atom. The molecule has 0 radical (unpaired) electrons. The Hall–Kier alpha value is -3.50. The van der Waals surface area contributed by atoms with Crippen LogP contribution in [0.1, 0.15) is 29.8 Å². The normalized spacial score (nSPS) is 11.6. The minimum Gasteiger partial charge on any atom is -0.493 e. The van der Waals surface area contributed by atoms with Crippen molar-refractivity contribution in [3.8, 4) is 23.8 Å². The van der Waals surface area contributed by atoms with Crippen LogP contribution in [0.3, 0.4) is 0 Å². The van der Waals surface area contributed by atoms with E-state index in [1.54, 1.807) is 42.5 Å². The maximum atomic E-state index is 12.6. The van der Waals surface area contributed by atoms with Crippen molar-refractivity contribution in [1.82, 2.24) is 10.7 Å². The zero-order chi connectivity index (χ0) is 22.8. The van der Waals surface area contributed by atoms with Gasteiger partial charge >= 0.3 is 0 Å². The molecule has 7 nitrogen and oxygen atoms in total. The second kappa shape index (κ2) is 11.6. The predicted octanol–water partition coefficient (Wildman–Crippen LogP) is 3.27. The van der Waals surface area contributed by atoms with Gasteiger partial charge in [-0.1, -0.05) is 31.4 Å². The summed E-state index contributed by atoms with van der Waals surface area (Å²) in [5.74, 6) is 2.42. The van der Waals surface area contributed by atoms with Gasteiger partial charge in [0.15, 0.2) is 11.5 Å². The highest BCUT2D eigenvalue weighted by Gasteiger charge is 2.24. The number of terminal acetylenes is 1. The fraction of sp³-hybridized carbons (Fsp3) is 0.261. The molecule has 0 aliphatic heterocycles. The van der Waals surface area contributed by atoms with Crippen LogP contribution in [-0.2, 0) is 4.79 Å². The van der Waals surface area contributed by atoms with Crippen LogP contribution in [0.25, 0.3) is 0 Å². The molecular formula is C23H24ClN3O4. The van der Waals surface area contributed by atoms with Crippen LogP contribution in [0.4, 0.5) is 0 Å². The van der Waals surface area contributed by atoms with Gasteiger partial charge in [0.1, 0.15) is 12.6 Å². The molecule has 8 heteroatoms. The molecule has 2 amide bonds. The van der Waals surface area contributed by atoms with Crippen LogP contribution in [0, 0.1) is 18.3 Å². The summed E-state index contributed by atoms with van der Waals surface area (Å²) in [6, 6.07) is 10.8. The third-order valence-electron chi connectivity index (χ3n) is 4.23. The van der Waals surface area contributed by atoms with Crippen LogP contribution < -0.4 is 20.2 Å². The Labute approximate surface area is 186 Å². The Bertz CT molecular complexity index is 981. The molecule has 0 bridgehead atoms. The fourth-order valence-corrected chi connectivity index (χ4v) is 2.73. The standard InChI is InChI=1S/C23H24ClN3O4/c1-5-12-31-19-11-6-16(13-20(19)30-4)14-25-27-23(29)21(15(2)3)26-22(28)17-7-9-18(24)10-8-17/h1,6-11,13-15,21H,12H2,2-4H3,(H,26,28)(H,27,29). The maximum Gasteiger partial charge on any atom is 0.262 e. The number of nitrogens with one attached hydrogen (secondary N) is 2. The molecule has 2 rings (SSSR count). The number of rotatable bonds is 9. The molecule has 162 valence electrons. The highest BCUT2D eigenvalue weighted by atomic mass is 35.5. The molecule has 31 heavy (non-hydrogen) atoms. The van der Waals surface area contributed by atoms with E-state index in [0.717, 1.165) is 0 Å². The molecule has 2 N–H and O–H groups in total. The molecule has 0 aliphatic rings. The molecule has 2 aromatic carbocycles. The molecule has 1 atom stereocenters. The van der Waals surface area contributed by atoms with Crippen molar-refractivity contribution < 1.29 is 19.1 Å². The van der Waals surface area contributed by atoms with Crippen molar-refractivity contribution in [2.45, 2.75) is 19.9 Å². The number of amides is 2. The summed E-state index contributed by atoms with van der Waals surface area (Å²) in [6.45, 7) is 3.78. The lowest BCUT2D eigenvalue weighted by atomic mass is 10.0. The van der Waals surface area contributed by atoms with Crippen LogP contribution in [0.15, 0.2) is 47.6 Å². The molecule has 0 spiro atoms.